The van der Waals surface area contributed by atoms with Crippen LogP contribution < -0.4 is 5.84 Å². The topological polar surface area (TPSA) is 83.7 Å². The molecule has 0 amide bonds. The summed E-state index contributed by atoms with van der Waals surface area (Å²) in [5, 5.41) is 5.34. The Morgan fingerprint density at radius 2 is 2.15 bits per heavy atom. The van der Waals surface area contributed by atoms with Gasteiger partial charge in [-0.25, -0.2) is 0 Å². The van der Waals surface area contributed by atoms with Gasteiger partial charge >= 0.3 is 5.97 Å². The zero-order chi connectivity index (χ0) is 19.1. The number of aromatic amines is 1. The zero-order valence-electron chi connectivity index (χ0n) is 16.2. The van der Waals surface area contributed by atoms with E-state index in [1.165, 1.54) is 18.1 Å². The molecule has 2 bridgehead atoms. The van der Waals surface area contributed by atoms with Crippen LogP contribution in [0.1, 0.15) is 31.0 Å². The number of rotatable bonds is 2. The average molecular weight is 368 g/mol. The summed E-state index contributed by atoms with van der Waals surface area (Å²) in [7, 11) is 3.63. The Balaban J connectivity index is 1.91. The van der Waals surface area contributed by atoms with Crippen LogP contribution in [0.5, 0.6) is 0 Å². The van der Waals surface area contributed by atoms with Gasteiger partial charge in [0.1, 0.15) is 0 Å². The van der Waals surface area contributed by atoms with Crippen molar-refractivity contribution in [1.82, 2.24) is 9.88 Å². The lowest BCUT2D eigenvalue weighted by molar-refractivity contribution is -0.154. The van der Waals surface area contributed by atoms with E-state index in [1.54, 1.807) is 0 Å². The second-order valence-electron chi connectivity index (χ2n) is 7.90. The number of ether oxygens (including phenoxy) is 1. The summed E-state index contributed by atoms with van der Waals surface area (Å²) in [6.45, 7) is 3.18. The van der Waals surface area contributed by atoms with Crippen LogP contribution in [0.15, 0.2) is 29.4 Å². The molecule has 2 heterocycles. The first-order chi connectivity index (χ1) is 13.1. The van der Waals surface area contributed by atoms with Gasteiger partial charge in [-0.05, 0) is 43.4 Å². The number of likely N-dealkylation sites (N-methyl/N-ethyl adjacent to an activating group) is 1. The number of carbonyl (C=O) groups is 1. The predicted octanol–water partition coefficient (Wildman–Crippen LogP) is 2.52. The maximum absolute atomic E-state index is 12.8. The van der Waals surface area contributed by atoms with Gasteiger partial charge in [-0.3, -0.25) is 4.79 Å². The van der Waals surface area contributed by atoms with E-state index in [0.717, 1.165) is 36.3 Å². The molecule has 6 heteroatoms. The molecular weight excluding hydrogens is 340 g/mol. The lowest BCUT2D eigenvalue weighted by atomic mass is 9.67. The molecule has 144 valence electrons. The van der Waals surface area contributed by atoms with E-state index < -0.39 is 0 Å². The molecule has 0 unspecified atom stereocenters. The third kappa shape index (κ3) is 2.83. The third-order valence-corrected chi connectivity index (χ3v) is 6.67. The number of carbonyl (C=O) groups excluding carboxylic acids is 1. The van der Waals surface area contributed by atoms with Crippen molar-refractivity contribution >= 4 is 22.6 Å². The van der Waals surface area contributed by atoms with Gasteiger partial charge in [0, 0.05) is 23.5 Å². The van der Waals surface area contributed by atoms with Crippen LogP contribution in [-0.4, -0.2) is 48.3 Å². The highest BCUT2D eigenvalue weighted by molar-refractivity contribution is 6.05. The molecule has 1 aliphatic carbocycles. The first-order valence-electron chi connectivity index (χ1n) is 9.73. The van der Waals surface area contributed by atoms with E-state index in [4.69, 9.17) is 10.6 Å². The number of benzene rings is 1. The van der Waals surface area contributed by atoms with Crippen molar-refractivity contribution in [3.63, 3.8) is 0 Å². The summed E-state index contributed by atoms with van der Waals surface area (Å²) in [6, 6.07) is 8.40. The van der Waals surface area contributed by atoms with Gasteiger partial charge < -0.3 is 20.5 Å². The maximum Gasteiger partial charge on any atom is 0.310 e. The molecule has 1 aliphatic heterocycles. The van der Waals surface area contributed by atoms with E-state index >= 15 is 0 Å². The Morgan fingerprint density at radius 1 is 1.37 bits per heavy atom. The SMILES string of the molecule is CC[C@H]1CN(C)[C@H]2Cc3c([nH]c4ccccc34)/C(=N/N)C[C@H]1[C@@H]2C(=O)OC. The minimum atomic E-state index is -0.169. The normalized spacial score (nSPS) is 30.0. The van der Waals surface area contributed by atoms with Crippen LogP contribution >= 0.6 is 0 Å². The first kappa shape index (κ1) is 18.0. The Labute approximate surface area is 159 Å². The summed E-state index contributed by atoms with van der Waals surface area (Å²) in [5.74, 6) is 6.15. The quantitative estimate of drug-likeness (QED) is 0.485. The zero-order valence-corrected chi connectivity index (χ0v) is 16.2. The lowest BCUT2D eigenvalue weighted by Gasteiger charge is -2.48. The van der Waals surface area contributed by atoms with Crippen molar-refractivity contribution in [1.29, 1.82) is 0 Å². The van der Waals surface area contributed by atoms with Crippen molar-refractivity contribution in [2.75, 3.05) is 20.7 Å². The predicted molar refractivity (Wildman–Crippen MR) is 107 cm³/mol. The molecule has 1 fully saturated rings. The van der Waals surface area contributed by atoms with E-state index in [0.29, 0.717) is 12.3 Å². The van der Waals surface area contributed by atoms with Gasteiger partial charge in [-0.2, -0.15) is 5.10 Å². The Kier molecular flexibility index (Phi) is 4.68. The van der Waals surface area contributed by atoms with Gasteiger partial charge in [-0.1, -0.05) is 31.5 Å². The second-order valence-corrected chi connectivity index (χ2v) is 7.90. The summed E-state index contributed by atoms with van der Waals surface area (Å²) < 4.78 is 5.24. The number of esters is 1. The van der Waals surface area contributed by atoms with Crippen molar-refractivity contribution in [2.45, 2.75) is 32.2 Å². The molecule has 0 radical (unpaired) electrons. The monoisotopic (exact) mass is 368 g/mol. The fourth-order valence-electron chi connectivity index (χ4n) is 5.28. The first-order valence-corrected chi connectivity index (χ1v) is 9.73. The van der Waals surface area contributed by atoms with Gasteiger partial charge in [0.2, 0.25) is 0 Å². The fourth-order valence-corrected chi connectivity index (χ4v) is 5.28. The number of aromatic nitrogens is 1. The van der Waals surface area contributed by atoms with Crippen LogP contribution in [0.3, 0.4) is 0 Å². The number of fused-ring (bicyclic) bond motifs is 5. The number of piperidine rings is 1. The molecule has 4 atom stereocenters. The minimum Gasteiger partial charge on any atom is -0.469 e. The van der Waals surface area contributed by atoms with Crippen molar-refractivity contribution in [3.8, 4) is 0 Å². The largest absolute Gasteiger partial charge is 0.469 e. The minimum absolute atomic E-state index is 0.113. The van der Waals surface area contributed by atoms with Crippen LogP contribution in [0, 0.1) is 17.8 Å². The highest BCUT2D eigenvalue weighted by Crippen LogP contribution is 2.42. The molecule has 27 heavy (non-hydrogen) atoms. The molecule has 0 spiro atoms. The molecule has 1 aromatic carbocycles. The Morgan fingerprint density at radius 3 is 2.85 bits per heavy atom. The number of methoxy groups -OCH3 is 1. The Bertz CT molecular complexity index is 887. The van der Waals surface area contributed by atoms with E-state index in [9.17, 15) is 4.79 Å². The average Bonchev–Trinajstić information content (AvgIpc) is 3.04. The van der Waals surface area contributed by atoms with Crippen molar-refractivity contribution in [3.05, 3.63) is 35.5 Å². The molecule has 1 aromatic heterocycles. The number of H-pyrrole nitrogens is 1. The van der Waals surface area contributed by atoms with E-state index in [2.05, 4.69) is 41.1 Å². The third-order valence-electron chi connectivity index (χ3n) is 6.67. The number of para-hydroxylation sites is 1. The fraction of sp³-hybridized carbons (Fsp3) is 0.524. The number of hydrogen-bond donors (Lipinski definition) is 2. The summed E-state index contributed by atoms with van der Waals surface area (Å²) in [4.78, 5) is 18.7. The van der Waals surface area contributed by atoms with E-state index in [1.807, 2.05) is 12.1 Å². The molecule has 2 aromatic rings. The molecule has 6 nitrogen and oxygen atoms in total. The molecule has 1 saturated heterocycles. The number of likely N-dealkylation sites (tertiary alicyclic amines) is 1. The number of nitrogens with two attached hydrogens (primary N) is 1. The number of nitrogens with zero attached hydrogens (tertiary/aromatic N) is 2. The molecule has 3 N–H and O–H groups in total. The summed E-state index contributed by atoms with van der Waals surface area (Å²) >= 11 is 0. The van der Waals surface area contributed by atoms with Crippen LogP contribution in [0.4, 0.5) is 0 Å². The lowest BCUT2D eigenvalue weighted by Crippen LogP contribution is -2.56. The molecule has 4 rings (SSSR count). The van der Waals surface area contributed by atoms with Crippen LogP contribution in [0.25, 0.3) is 10.9 Å². The van der Waals surface area contributed by atoms with Crippen molar-refractivity contribution < 1.29 is 9.53 Å². The maximum atomic E-state index is 12.8. The van der Waals surface area contributed by atoms with Crippen LogP contribution in [-0.2, 0) is 16.0 Å². The summed E-state index contributed by atoms with van der Waals surface area (Å²) in [6.07, 6.45) is 2.49. The number of hydrogen-bond acceptors (Lipinski definition) is 5. The molecule has 2 aliphatic rings. The molecular formula is C21H28N4O2. The van der Waals surface area contributed by atoms with Gasteiger partial charge in [0.15, 0.2) is 0 Å². The second kappa shape index (κ2) is 7.00. The number of nitrogens with one attached hydrogen (secondary N) is 1. The van der Waals surface area contributed by atoms with Gasteiger partial charge in [0.05, 0.1) is 24.4 Å². The smallest absolute Gasteiger partial charge is 0.310 e. The van der Waals surface area contributed by atoms with Gasteiger partial charge in [0.25, 0.3) is 0 Å². The standard InChI is InChI=1S/C21H28N4O2/c1-4-12-11-25(2)18-10-15-13-7-5-6-8-16(13)23-20(15)17(24-22)9-14(12)19(18)21(26)27-3/h5-8,12,14,18-19,23H,4,9-11,22H2,1-3H3/b24-17+/t12-,14+,18-,19-/m0/s1. The van der Waals surface area contributed by atoms with Crippen LogP contribution in [0.2, 0.25) is 0 Å². The number of hydrazone groups is 1. The highest BCUT2D eigenvalue weighted by atomic mass is 16.5. The molecule has 0 saturated carbocycles. The van der Waals surface area contributed by atoms with Crippen molar-refractivity contribution in [2.24, 2.45) is 28.7 Å². The van der Waals surface area contributed by atoms with Gasteiger partial charge in [-0.15, -0.1) is 0 Å². The Hall–Kier alpha value is -2.34. The highest BCUT2D eigenvalue weighted by Gasteiger charge is 2.48. The summed E-state index contributed by atoms with van der Waals surface area (Å²) in [5.41, 5.74) is 4.18. The van der Waals surface area contributed by atoms with E-state index in [-0.39, 0.29) is 23.8 Å².